The van der Waals surface area contributed by atoms with Gasteiger partial charge in [-0.05, 0) is 44.5 Å². The zero-order chi connectivity index (χ0) is 18.6. The Hall–Kier alpha value is -1.95. The molecule has 0 aromatic heterocycles. The fourth-order valence-electron chi connectivity index (χ4n) is 3.32. The number of hydrogen-bond acceptors (Lipinski definition) is 4. The second-order valence-electron chi connectivity index (χ2n) is 7.14. The molecule has 6 nitrogen and oxygen atoms in total. The topological polar surface area (TPSA) is 65.0 Å². The van der Waals surface area contributed by atoms with Crippen LogP contribution in [0.2, 0.25) is 0 Å². The molecule has 2 unspecified atom stereocenters. The Morgan fingerprint density at radius 1 is 1.44 bits per heavy atom. The standard InChI is InChI=1S/C19H30N4O2/c1-6-22(7-2)13-14(3)12-20-18(25)19(5)11-16(24)21-17-15(4)9-8-10-23(17)19/h8-10,14H,6-7,11-13H2,1-5H3,(H,20,25). The van der Waals surface area contributed by atoms with Gasteiger partial charge in [0.1, 0.15) is 11.4 Å². The summed E-state index contributed by atoms with van der Waals surface area (Å²) in [6.45, 7) is 13.7. The number of carbonyl (C=O) groups is 2. The van der Waals surface area contributed by atoms with E-state index in [9.17, 15) is 9.59 Å². The number of carbonyl (C=O) groups excluding carboxylic acids is 2. The van der Waals surface area contributed by atoms with Crippen LogP contribution in [0.4, 0.5) is 0 Å². The molecule has 2 aliphatic rings. The number of amides is 2. The average Bonchev–Trinajstić information content (AvgIpc) is 2.58. The summed E-state index contributed by atoms with van der Waals surface area (Å²) < 4.78 is 0. The third-order valence-electron chi connectivity index (χ3n) is 4.98. The van der Waals surface area contributed by atoms with Crippen molar-refractivity contribution in [1.29, 1.82) is 0 Å². The van der Waals surface area contributed by atoms with Gasteiger partial charge in [0.2, 0.25) is 5.91 Å². The monoisotopic (exact) mass is 346 g/mol. The second-order valence-corrected chi connectivity index (χ2v) is 7.14. The smallest absolute Gasteiger partial charge is 0.250 e. The summed E-state index contributed by atoms with van der Waals surface area (Å²) in [7, 11) is 0. The van der Waals surface area contributed by atoms with Crippen molar-refractivity contribution >= 4 is 17.6 Å². The highest BCUT2D eigenvalue weighted by molar-refractivity contribution is 6.11. The van der Waals surface area contributed by atoms with Crippen LogP contribution in [0.15, 0.2) is 28.9 Å². The normalized spacial score (nSPS) is 23.9. The molecule has 25 heavy (non-hydrogen) atoms. The van der Waals surface area contributed by atoms with E-state index < -0.39 is 5.54 Å². The van der Waals surface area contributed by atoms with E-state index >= 15 is 0 Å². The molecule has 0 bridgehead atoms. The molecule has 2 rings (SSSR count). The Morgan fingerprint density at radius 2 is 2.12 bits per heavy atom. The quantitative estimate of drug-likeness (QED) is 0.765. The molecule has 1 N–H and O–H groups in total. The second kappa shape index (κ2) is 7.95. The van der Waals surface area contributed by atoms with Gasteiger partial charge in [0.25, 0.3) is 5.91 Å². The van der Waals surface area contributed by atoms with Crippen LogP contribution in [0.5, 0.6) is 0 Å². The van der Waals surface area contributed by atoms with Gasteiger partial charge in [-0.3, -0.25) is 9.59 Å². The van der Waals surface area contributed by atoms with Gasteiger partial charge in [-0.1, -0.05) is 26.8 Å². The lowest BCUT2D eigenvalue weighted by Gasteiger charge is -2.43. The molecule has 6 heteroatoms. The Kier molecular flexibility index (Phi) is 6.16. The maximum Gasteiger partial charge on any atom is 0.250 e. The number of nitrogens with one attached hydrogen (secondary N) is 1. The highest BCUT2D eigenvalue weighted by atomic mass is 16.2. The molecule has 2 atom stereocenters. The zero-order valence-electron chi connectivity index (χ0n) is 16.0. The molecular weight excluding hydrogens is 316 g/mol. The molecule has 0 spiro atoms. The van der Waals surface area contributed by atoms with E-state index in [1.807, 2.05) is 37.1 Å². The lowest BCUT2D eigenvalue weighted by atomic mass is 9.90. The van der Waals surface area contributed by atoms with E-state index in [2.05, 4.69) is 36.0 Å². The number of hydrogen-bond donors (Lipinski definition) is 1. The van der Waals surface area contributed by atoms with Crippen molar-refractivity contribution in [2.45, 2.75) is 46.6 Å². The zero-order valence-corrected chi connectivity index (χ0v) is 16.0. The fourth-order valence-corrected chi connectivity index (χ4v) is 3.32. The number of amidine groups is 1. The average molecular weight is 346 g/mol. The third-order valence-corrected chi connectivity index (χ3v) is 4.98. The number of allylic oxidation sites excluding steroid dienone is 2. The number of rotatable bonds is 7. The van der Waals surface area contributed by atoms with Crippen LogP contribution in [-0.4, -0.2) is 59.2 Å². The molecule has 0 radical (unpaired) electrons. The van der Waals surface area contributed by atoms with E-state index in [4.69, 9.17) is 0 Å². The van der Waals surface area contributed by atoms with Gasteiger partial charge < -0.3 is 15.1 Å². The summed E-state index contributed by atoms with van der Waals surface area (Å²) in [4.78, 5) is 33.3. The van der Waals surface area contributed by atoms with Crippen LogP contribution in [0.1, 0.15) is 41.0 Å². The molecule has 0 aromatic rings. The first-order chi connectivity index (χ1) is 11.8. The minimum absolute atomic E-state index is 0.0877. The summed E-state index contributed by atoms with van der Waals surface area (Å²) in [6, 6.07) is 0. The van der Waals surface area contributed by atoms with Crippen LogP contribution in [0.25, 0.3) is 0 Å². The minimum Gasteiger partial charge on any atom is -0.354 e. The maximum absolute atomic E-state index is 12.9. The van der Waals surface area contributed by atoms with Crippen molar-refractivity contribution in [3.8, 4) is 0 Å². The molecule has 2 heterocycles. The van der Waals surface area contributed by atoms with Crippen LogP contribution >= 0.6 is 0 Å². The summed E-state index contributed by atoms with van der Waals surface area (Å²) in [5, 5.41) is 3.05. The van der Waals surface area contributed by atoms with Gasteiger partial charge in [0.05, 0.1) is 6.42 Å². The molecule has 0 aromatic carbocycles. The van der Waals surface area contributed by atoms with Gasteiger partial charge in [0.15, 0.2) is 0 Å². The Morgan fingerprint density at radius 3 is 2.76 bits per heavy atom. The Labute approximate surface area is 150 Å². The number of fused-ring (bicyclic) bond motifs is 1. The van der Waals surface area contributed by atoms with E-state index in [1.165, 1.54) is 0 Å². The number of nitrogens with zero attached hydrogens (tertiary/aromatic N) is 3. The molecule has 2 aliphatic heterocycles. The van der Waals surface area contributed by atoms with Gasteiger partial charge in [0, 0.05) is 19.3 Å². The predicted molar refractivity (Wildman–Crippen MR) is 100 cm³/mol. The molecular formula is C19H30N4O2. The third kappa shape index (κ3) is 4.18. The van der Waals surface area contributed by atoms with Gasteiger partial charge in [-0.15, -0.1) is 0 Å². The van der Waals surface area contributed by atoms with Gasteiger partial charge >= 0.3 is 0 Å². The van der Waals surface area contributed by atoms with Gasteiger partial charge in [-0.2, -0.15) is 4.99 Å². The van der Waals surface area contributed by atoms with E-state index in [1.54, 1.807) is 0 Å². The van der Waals surface area contributed by atoms with E-state index in [0.29, 0.717) is 18.3 Å². The molecule has 0 saturated heterocycles. The molecule has 0 fully saturated rings. The van der Waals surface area contributed by atoms with Crippen LogP contribution in [0.3, 0.4) is 0 Å². The number of aliphatic imine (C=N–C) groups is 1. The first-order valence-corrected chi connectivity index (χ1v) is 9.08. The van der Waals surface area contributed by atoms with Crippen molar-refractivity contribution in [3.05, 3.63) is 23.9 Å². The lowest BCUT2D eigenvalue weighted by Crippen LogP contribution is -2.61. The predicted octanol–water partition coefficient (Wildman–Crippen LogP) is 1.94. The maximum atomic E-state index is 12.9. The Balaban J connectivity index is 2.05. The van der Waals surface area contributed by atoms with Crippen molar-refractivity contribution in [3.63, 3.8) is 0 Å². The molecule has 138 valence electrons. The highest BCUT2D eigenvalue weighted by Gasteiger charge is 2.45. The van der Waals surface area contributed by atoms with E-state index in [0.717, 1.165) is 25.2 Å². The van der Waals surface area contributed by atoms with Crippen molar-refractivity contribution in [2.75, 3.05) is 26.2 Å². The molecule has 0 saturated carbocycles. The molecule has 0 aliphatic carbocycles. The SMILES string of the molecule is CCN(CC)CC(C)CNC(=O)C1(C)CC(=O)N=C2C(C)=CC=CN21. The highest BCUT2D eigenvalue weighted by Crippen LogP contribution is 2.30. The lowest BCUT2D eigenvalue weighted by molar-refractivity contribution is -0.134. The van der Waals surface area contributed by atoms with Crippen molar-refractivity contribution in [2.24, 2.45) is 10.9 Å². The van der Waals surface area contributed by atoms with Crippen molar-refractivity contribution < 1.29 is 9.59 Å². The first kappa shape index (κ1) is 19.4. The largest absolute Gasteiger partial charge is 0.354 e. The van der Waals surface area contributed by atoms with Crippen LogP contribution in [0, 0.1) is 5.92 Å². The summed E-state index contributed by atoms with van der Waals surface area (Å²) in [6.07, 6.45) is 5.71. The van der Waals surface area contributed by atoms with Gasteiger partial charge in [-0.25, -0.2) is 0 Å². The Bertz CT molecular complexity index is 619. The van der Waals surface area contributed by atoms with Crippen molar-refractivity contribution in [1.82, 2.24) is 15.1 Å². The minimum atomic E-state index is -0.935. The summed E-state index contributed by atoms with van der Waals surface area (Å²) >= 11 is 0. The van der Waals surface area contributed by atoms with Crippen LogP contribution in [-0.2, 0) is 9.59 Å². The summed E-state index contributed by atoms with van der Waals surface area (Å²) in [5.74, 6) is 0.549. The van der Waals surface area contributed by atoms with Crippen LogP contribution < -0.4 is 5.32 Å². The molecule has 2 amide bonds. The summed E-state index contributed by atoms with van der Waals surface area (Å²) in [5.41, 5.74) is -0.0424. The van der Waals surface area contributed by atoms with E-state index in [-0.39, 0.29) is 18.2 Å². The first-order valence-electron chi connectivity index (χ1n) is 9.08. The fraction of sp³-hybridized carbons (Fsp3) is 0.632.